The molecule has 2 aromatic carbocycles. The number of aromatic hydroxyl groups is 1. The molecule has 0 radical (unpaired) electrons. The van der Waals surface area contributed by atoms with Crippen molar-refractivity contribution >= 4 is 23.4 Å². The van der Waals surface area contributed by atoms with E-state index in [0.29, 0.717) is 5.75 Å². The molecule has 2 amide bonds. The molecule has 0 bridgehead atoms. The van der Waals surface area contributed by atoms with Crippen LogP contribution in [0.2, 0.25) is 5.02 Å². The lowest BCUT2D eigenvalue weighted by atomic mass is 10.2. The van der Waals surface area contributed by atoms with E-state index in [0.717, 1.165) is 6.07 Å². The standard InChI is InChI=1S/C18H18ClFN2O4/c1-11(26-13-7-5-12(23)6-8-13)17(24)21-9-10-22-18(25)16-14(19)3-2-4-15(16)20/h2-8,11,23H,9-10H2,1H3,(H,21,24)(H,22,25). The average molecular weight is 381 g/mol. The molecule has 0 aliphatic rings. The molecule has 2 rings (SSSR count). The van der Waals surface area contributed by atoms with E-state index in [-0.39, 0.29) is 35.3 Å². The number of halogens is 2. The number of amides is 2. The third kappa shape index (κ3) is 5.35. The van der Waals surface area contributed by atoms with E-state index < -0.39 is 17.8 Å². The fourth-order valence-corrected chi connectivity index (χ4v) is 2.34. The Hall–Kier alpha value is -2.80. The first-order chi connectivity index (χ1) is 12.4. The summed E-state index contributed by atoms with van der Waals surface area (Å²) in [5, 5.41) is 14.3. The Morgan fingerprint density at radius 3 is 2.46 bits per heavy atom. The largest absolute Gasteiger partial charge is 0.508 e. The Balaban J connectivity index is 1.75. The van der Waals surface area contributed by atoms with Crippen LogP contribution in [-0.2, 0) is 4.79 Å². The highest BCUT2D eigenvalue weighted by Crippen LogP contribution is 2.18. The van der Waals surface area contributed by atoms with Gasteiger partial charge in [-0.15, -0.1) is 0 Å². The summed E-state index contributed by atoms with van der Waals surface area (Å²) in [5.41, 5.74) is -0.232. The van der Waals surface area contributed by atoms with Crippen LogP contribution in [0.4, 0.5) is 4.39 Å². The van der Waals surface area contributed by atoms with Gasteiger partial charge in [0.15, 0.2) is 6.10 Å². The molecule has 0 fully saturated rings. The lowest BCUT2D eigenvalue weighted by Gasteiger charge is -2.15. The Kier molecular flexibility index (Phi) is 6.80. The van der Waals surface area contributed by atoms with Crippen molar-refractivity contribution < 1.29 is 23.8 Å². The van der Waals surface area contributed by atoms with Crippen LogP contribution >= 0.6 is 11.6 Å². The second kappa shape index (κ2) is 9.05. The molecule has 0 saturated carbocycles. The smallest absolute Gasteiger partial charge is 0.260 e. The molecular formula is C18H18ClFN2O4. The van der Waals surface area contributed by atoms with Crippen LogP contribution in [0.15, 0.2) is 42.5 Å². The summed E-state index contributed by atoms with van der Waals surface area (Å²) in [6, 6.07) is 9.94. The summed E-state index contributed by atoms with van der Waals surface area (Å²) in [4.78, 5) is 23.9. The molecule has 0 saturated heterocycles. The number of hydrogen-bond acceptors (Lipinski definition) is 4. The third-order valence-electron chi connectivity index (χ3n) is 3.42. The molecule has 26 heavy (non-hydrogen) atoms. The van der Waals surface area contributed by atoms with Gasteiger partial charge in [0.1, 0.15) is 17.3 Å². The van der Waals surface area contributed by atoms with E-state index in [4.69, 9.17) is 16.3 Å². The highest BCUT2D eigenvalue weighted by atomic mass is 35.5. The van der Waals surface area contributed by atoms with E-state index in [9.17, 15) is 19.1 Å². The maximum Gasteiger partial charge on any atom is 0.260 e. The zero-order valence-corrected chi connectivity index (χ0v) is 14.7. The van der Waals surface area contributed by atoms with E-state index in [1.807, 2.05) is 0 Å². The summed E-state index contributed by atoms with van der Waals surface area (Å²) in [6.45, 7) is 1.81. The molecule has 0 spiro atoms. The van der Waals surface area contributed by atoms with Gasteiger partial charge in [0, 0.05) is 13.1 Å². The second-order valence-electron chi connectivity index (χ2n) is 5.40. The van der Waals surface area contributed by atoms with Crippen LogP contribution in [0.25, 0.3) is 0 Å². The summed E-state index contributed by atoms with van der Waals surface area (Å²) in [5.74, 6) is -1.21. The zero-order valence-electron chi connectivity index (χ0n) is 14.0. The number of nitrogens with one attached hydrogen (secondary N) is 2. The molecule has 3 N–H and O–H groups in total. The van der Waals surface area contributed by atoms with Crippen LogP contribution in [0.5, 0.6) is 11.5 Å². The number of hydrogen-bond donors (Lipinski definition) is 3. The van der Waals surface area contributed by atoms with E-state index in [1.165, 1.54) is 36.4 Å². The minimum absolute atomic E-state index is 0.0162. The van der Waals surface area contributed by atoms with E-state index in [1.54, 1.807) is 6.92 Å². The van der Waals surface area contributed by atoms with Gasteiger partial charge in [-0.1, -0.05) is 17.7 Å². The van der Waals surface area contributed by atoms with Crippen molar-refractivity contribution in [3.63, 3.8) is 0 Å². The van der Waals surface area contributed by atoms with Gasteiger partial charge in [-0.3, -0.25) is 9.59 Å². The molecule has 2 aromatic rings. The van der Waals surface area contributed by atoms with Crippen molar-refractivity contribution in [1.82, 2.24) is 10.6 Å². The first-order valence-corrected chi connectivity index (χ1v) is 8.22. The zero-order chi connectivity index (χ0) is 19.1. The highest BCUT2D eigenvalue weighted by Gasteiger charge is 2.16. The predicted octanol–water partition coefficient (Wildman–Crippen LogP) is 2.50. The van der Waals surface area contributed by atoms with Crippen LogP contribution in [-0.4, -0.2) is 36.1 Å². The number of ether oxygens (including phenoxy) is 1. The summed E-state index contributed by atoms with van der Waals surface area (Å²) in [6.07, 6.45) is -0.767. The van der Waals surface area contributed by atoms with Crippen LogP contribution in [0.3, 0.4) is 0 Å². The average Bonchev–Trinajstić information content (AvgIpc) is 2.60. The quantitative estimate of drug-likeness (QED) is 0.644. The Bertz CT molecular complexity index is 763. The first kappa shape index (κ1) is 19.5. The van der Waals surface area contributed by atoms with Crippen LogP contribution in [0, 0.1) is 5.82 Å². The predicted molar refractivity (Wildman–Crippen MR) is 94.9 cm³/mol. The third-order valence-corrected chi connectivity index (χ3v) is 3.73. The molecule has 138 valence electrons. The van der Waals surface area contributed by atoms with Crippen LogP contribution in [0.1, 0.15) is 17.3 Å². The number of rotatable bonds is 7. The van der Waals surface area contributed by atoms with Crippen LogP contribution < -0.4 is 15.4 Å². The Morgan fingerprint density at radius 1 is 1.15 bits per heavy atom. The van der Waals surface area contributed by atoms with Gasteiger partial charge in [-0.2, -0.15) is 0 Å². The van der Waals surface area contributed by atoms with Crippen molar-refractivity contribution in [2.45, 2.75) is 13.0 Å². The number of carbonyl (C=O) groups is 2. The highest BCUT2D eigenvalue weighted by molar-refractivity contribution is 6.33. The van der Waals surface area contributed by atoms with Crippen molar-refractivity contribution in [3.8, 4) is 11.5 Å². The Morgan fingerprint density at radius 2 is 1.81 bits per heavy atom. The molecule has 6 nitrogen and oxygen atoms in total. The van der Waals surface area contributed by atoms with Gasteiger partial charge >= 0.3 is 0 Å². The maximum atomic E-state index is 13.6. The van der Waals surface area contributed by atoms with Gasteiger partial charge in [-0.25, -0.2) is 4.39 Å². The summed E-state index contributed by atoms with van der Waals surface area (Å²) >= 11 is 5.81. The van der Waals surface area contributed by atoms with Gasteiger partial charge in [0.2, 0.25) is 0 Å². The number of carbonyl (C=O) groups excluding carboxylic acids is 2. The topological polar surface area (TPSA) is 87.7 Å². The Labute approximate surface area is 154 Å². The molecule has 0 aliphatic carbocycles. The lowest BCUT2D eigenvalue weighted by Crippen LogP contribution is -2.40. The van der Waals surface area contributed by atoms with Gasteiger partial charge in [0.05, 0.1) is 10.6 Å². The van der Waals surface area contributed by atoms with Gasteiger partial charge < -0.3 is 20.5 Å². The molecule has 1 unspecified atom stereocenters. The molecular weight excluding hydrogens is 363 g/mol. The molecule has 0 aromatic heterocycles. The normalized spacial score (nSPS) is 11.5. The summed E-state index contributed by atoms with van der Waals surface area (Å²) in [7, 11) is 0. The van der Waals surface area contributed by atoms with Gasteiger partial charge in [-0.05, 0) is 43.3 Å². The molecule has 0 aliphatic heterocycles. The maximum absolute atomic E-state index is 13.6. The molecule has 1 atom stereocenters. The van der Waals surface area contributed by atoms with E-state index in [2.05, 4.69) is 10.6 Å². The SMILES string of the molecule is CC(Oc1ccc(O)cc1)C(=O)NCCNC(=O)c1c(F)cccc1Cl. The van der Waals surface area contributed by atoms with E-state index >= 15 is 0 Å². The second-order valence-corrected chi connectivity index (χ2v) is 5.80. The van der Waals surface area contributed by atoms with Crippen molar-refractivity contribution in [2.24, 2.45) is 0 Å². The minimum Gasteiger partial charge on any atom is -0.508 e. The minimum atomic E-state index is -0.767. The number of phenols is 1. The number of phenolic OH excluding ortho intramolecular Hbond substituents is 1. The monoisotopic (exact) mass is 380 g/mol. The van der Waals surface area contributed by atoms with Crippen molar-refractivity contribution in [3.05, 3.63) is 58.9 Å². The molecule has 8 heteroatoms. The van der Waals surface area contributed by atoms with Crippen molar-refractivity contribution in [2.75, 3.05) is 13.1 Å². The lowest BCUT2D eigenvalue weighted by molar-refractivity contribution is -0.127. The number of benzene rings is 2. The van der Waals surface area contributed by atoms with Crippen molar-refractivity contribution in [1.29, 1.82) is 0 Å². The fourth-order valence-electron chi connectivity index (χ4n) is 2.09. The van der Waals surface area contributed by atoms with Gasteiger partial charge in [0.25, 0.3) is 11.8 Å². The molecule has 0 heterocycles. The summed E-state index contributed by atoms with van der Waals surface area (Å²) < 4.78 is 19.1. The first-order valence-electron chi connectivity index (χ1n) is 7.84. The fraction of sp³-hybridized carbons (Fsp3) is 0.222.